The van der Waals surface area contributed by atoms with E-state index < -0.39 is 36.4 Å². The average Bonchev–Trinajstić information content (AvgIpc) is 2.16. The quantitative estimate of drug-likeness (QED) is 0.533. The molecule has 0 aromatic heterocycles. The maximum atomic E-state index is 10.8. The zero-order valence-electron chi connectivity index (χ0n) is 8.85. The van der Waals surface area contributed by atoms with Gasteiger partial charge in [-0.15, -0.1) is 0 Å². The third kappa shape index (κ3) is 4.71. The molecule has 0 amide bonds. The predicted octanol–water partition coefficient (Wildman–Crippen LogP) is -1.90. The Hall–Kier alpha value is -1.67. The summed E-state index contributed by atoms with van der Waals surface area (Å²) in [5.41, 5.74) is -2.49. The van der Waals surface area contributed by atoms with Crippen LogP contribution in [0.15, 0.2) is 0 Å². The second-order valence-electron chi connectivity index (χ2n) is 2.84. The van der Waals surface area contributed by atoms with Crippen LogP contribution >= 0.6 is 0 Å². The van der Waals surface area contributed by atoms with Crippen LogP contribution < -0.4 is 0 Å². The molecule has 16 heavy (non-hydrogen) atoms. The molecule has 0 saturated carbocycles. The first kappa shape index (κ1) is 16.7. The minimum Gasteiger partial charge on any atom is -0.479 e. The summed E-state index contributed by atoms with van der Waals surface area (Å²) in [6.07, 6.45) is -1.62. The predicted molar refractivity (Wildman–Crippen MR) is 49.5 cm³/mol. The van der Waals surface area contributed by atoms with E-state index >= 15 is 0 Å². The van der Waals surface area contributed by atoms with Gasteiger partial charge in [0.05, 0.1) is 27.1 Å². The third-order valence-corrected chi connectivity index (χ3v) is 1.73. The smallest absolute Gasteiger partial charge is 0.336 e. The Morgan fingerprint density at radius 3 is 1.56 bits per heavy atom. The Kier molecular flexibility index (Phi) is 7.06. The molecular formula is C8H14O8. The average molecular weight is 238 g/mol. The molecule has 0 aliphatic rings. The number of rotatable bonds is 5. The van der Waals surface area contributed by atoms with Gasteiger partial charge in [0.25, 0.3) is 0 Å². The lowest BCUT2D eigenvalue weighted by Crippen LogP contribution is -2.43. The molecule has 0 fully saturated rings. The molecule has 0 unspecified atom stereocenters. The maximum absolute atomic E-state index is 10.8. The second-order valence-corrected chi connectivity index (χ2v) is 2.84. The van der Waals surface area contributed by atoms with E-state index in [0.717, 1.165) is 14.2 Å². The molecule has 0 spiro atoms. The van der Waals surface area contributed by atoms with Crippen molar-refractivity contribution >= 4 is 17.9 Å². The molecule has 4 N–H and O–H groups in total. The fourth-order valence-electron chi connectivity index (χ4n) is 0.836. The van der Waals surface area contributed by atoms with Gasteiger partial charge in [-0.2, -0.15) is 0 Å². The van der Waals surface area contributed by atoms with Gasteiger partial charge >= 0.3 is 17.9 Å². The van der Waals surface area contributed by atoms with Crippen LogP contribution in [0.3, 0.4) is 0 Å². The molecule has 0 aliphatic heterocycles. The van der Waals surface area contributed by atoms with Crippen molar-refractivity contribution in [3.8, 4) is 0 Å². The van der Waals surface area contributed by atoms with Crippen molar-refractivity contribution in [1.82, 2.24) is 0 Å². The molecule has 0 aliphatic carbocycles. The van der Waals surface area contributed by atoms with Crippen molar-refractivity contribution in [2.75, 3.05) is 14.2 Å². The first-order chi connectivity index (χ1) is 6.85. The van der Waals surface area contributed by atoms with Gasteiger partial charge in [0.2, 0.25) is 0 Å². The molecule has 0 atom stereocenters. The summed E-state index contributed by atoms with van der Waals surface area (Å²) >= 11 is 0. The Morgan fingerprint density at radius 1 is 1.06 bits per heavy atom. The van der Waals surface area contributed by atoms with Crippen molar-refractivity contribution in [1.29, 1.82) is 0 Å². The highest BCUT2D eigenvalue weighted by Crippen LogP contribution is 2.17. The number of carboxylic acid groups (broad SMARTS) is 1. The lowest BCUT2D eigenvalue weighted by atomic mass is 9.96. The number of methoxy groups -OCH3 is 2. The van der Waals surface area contributed by atoms with Crippen LogP contribution in [0.4, 0.5) is 0 Å². The van der Waals surface area contributed by atoms with Crippen molar-refractivity contribution in [3.63, 3.8) is 0 Å². The van der Waals surface area contributed by atoms with Crippen LogP contribution in [0.5, 0.6) is 0 Å². The van der Waals surface area contributed by atoms with Gasteiger partial charge in [0, 0.05) is 0 Å². The van der Waals surface area contributed by atoms with E-state index in [1.54, 1.807) is 0 Å². The number of carbonyl (C=O) groups excluding carboxylic acids is 2. The largest absolute Gasteiger partial charge is 0.479 e. The van der Waals surface area contributed by atoms with Gasteiger partial charge in [-0.1, -0.05) is 0 Å². The molecule has 94 valence electrons. The van der Waals surface area contributed by atoms with Crippen LogP contribution in [-0.2, 0) is 23.9 Å². The lowest BCUT2D eigenvalue weighted by Gasteiger charge is -2.20. The first-order valence-electron chi connectivity index (χ1n) is 3.95. The normalized spacial score (nSPS) is 9.94. The summed E-state index contributed by atoms with van der Waals surface area (Å²) in [7, 11) is 2.09. The van der Waals surface area contributed by atoms with Crippen LogP contribution in [-0.4, -0.2) is 53.4 Å². The summed E-state index contributed by atoms with van der Waals surface area (Å²) < 4.78 is 8.39. The van der Waals surface area contributed by atoms with Gasteiger partial charge < -0.3 is 25.2 Å². The number of carbonyl (C=O) groups is 3. The number of hydrogen-bond acceptors (Lipinski definition) is 6. The van der Waals surface area contributed by atoms with E-state index in [1.165, 1.54) is 0 Å². The second kappa shape index (κ2) is 6.75. The SMILES string of the molecule is COC(=O)CC(O)(CC(=O)OC)C(=O)O.O. The van der Waals surface area contributed by atoms with Crippen molar-refractivity contribution in [3.05, 3.63) is 0 Å². The summed E-state index contributed by atoms with van der Waals surface area (Å²) in [5.74, 6) is -3.54. The number of ether oxygens (including phenoxy) is 2. The molecule has 0 bridgehead atoms. The van der Waals surface area contributed by atoms with E-state index in [1.807, 2.05) is 0 Å². The van der Waals surface area contributed by atoms with E-state index in [-0.39, 0.29) is 5.48 Å². The Bertz CT molecular complexity index is 253. The number of aliphatic hydroxyl groups is 1. The number of aliphatic carboxylic acids is 1. The standard InChI is InChI=1S/C8H12O7.H2O/c1-14-5(9)3-8(13,7(11)12)4-6(10)15-2;/h13H,3-4H2,1-2H3,(H,11,12);1H2. The Morgan fingerprint density at radius 2 is 1.38 bits per heavy atom. The molecular weight excluding hydrogens is 224 g/mol. The van der Waals surface area contributed by atoms with Crippen molar-refractivity contribution < 1.29 is 39.5 Å². The van der Waals surface area contributed by atoms with E-state index in [2.05, 4.69) is 9.47 Å². The summed E-state index contributed by atoms with van der Waals surface area (Å²) in [6, 6.07) is 0. The van der Waals surface area contributed by atoms with Crippen molar-refractivity contribution in [2.24, 2.45) is 0 Å². The minimum absolute atomic E-state index is 0. The highest BCUT2D eigenvalue weighted by Gasteiger charge is 2.41. The Labute approximate surface area is 91.1 Å². The van der Waals surface area contributed by atoms with E-state index in [9.17, 15) is 19.5 Å². The molecule has 0 saturated heterocycles. The lowest BCUT2D eigenvalue weighted by molar-refractivity contribution is -0.171. The van der Waals surface area contributed by atoms with Gasteiger partial charge in [-0.25, -0.2) is 4.79 Å². The Balaban J connectivity index is 0. The zero-order valence-corrected chi connectivity index (χ0v) is 8.85. The molecule has 0 radical (unpaired) electrons. The highest BCUT2D eigenvalue weighted by atomic mass is 16.5. The molecule has 0 heterocycles. The molecule has 8 heteroatoms. The number of hydrogen-bond donors (Lipinski definition) is 2. The van der Waals surface area contributed by atoms with Gasteiger partial charge in [-0.05, 0) is 0 Å². The van der Waals surface area contributed by atoms with Crippen LogP contribution in [0, 0.1) is 0 Å². The molecule has 0 rings (SSSR count). The van der Waals surface area contributed by atoms with Crippen LogP contribution in [0.25, 0.3) is 0 Å². The highest BCUT2D eigenvalue weighted by molar-refractivity contribution is 5.88. The molecule has 0 aromatic rings. The van der Waals surface area contributed by atoms with Gasteiger partial charge in [0.1, 0.15) is 0 Å². The zero-order chi connectivity index (χ0) is 12.1. The van der Waals surface area contributed by atoms with E-state index in [4.69, 9.17) is 5.11 Å². The summed E-state index contributed by atoms with van der Waals surface area (Å²) in [4.78, 5) is 32.3. The van der Waals surface area contributed by atoms with E-state index in [0.29, 0.717) is 0 Å². The number of esters is 2. The number of carboxylic acids is 1. The van der Waals surface area contributed by atoms with Gasteiger partial charge in [-0.3, -0.25) is 9.59 Å². The van der Waals surface area contributed by atoms with Gasteiger partial charge in [0.15, 0.2) is 5.60 Å². The summed E-state index contributed by atoms with van der Waals surface area (Å²) in [6.45, 7) is 0. The fraction of sp³-hybridized carbons (Fsp3) is 0.625. The first-order valence-corrected chi connectivity index (χ1v) is 3.95. The van der Waals surface area contributed by atoms with Crippen LogP contribution in [0.2, 0.25) is 0 Å². The third-order valence-electron chi connectivity index (χ3n) is 1.73. The molecule has 8 nitrogen and oxygen atoms in total. The maximum Gasteiger partial charge on any atom is 0.336 e. The van der Waals surface area contributed by atoms with Crippen LogP contribution in [0.1, 0.15) is 12.8 Å². The monoisotopic (exact) mass is 238 g/mol. The minimum atomic E-state index is -2.49. The fourth-order valence-corrected chi connectivity index (χ4v) is 0.836. The summed E-state index contributed by atoms with van der Waals surface area (Å²) in [5, 5.41) is 18.1. The van der Waals surface area contributed by atoms with Crippen molar-refractivity contribution in [2.45, 2.75) is 18.4 Å². The topological polar surface area (TPSA) is 142 Å². The molecule has 0 aromatic carbocycles.